The first-order valence-electron chi connectivity index (χ1n) is 26.6. The van der Waals surface area contributed by atoms with E-state index in [2.05, 4.69) is 5.32 Å². The van der Waals surface area contributed by atoms with Gasteiger partial charge in [-0.15, -0.1) is 0 Å². The number of ether oxygens (including phenoxy) is 11. The van der Waals surface area contributed by atoms with Gasteiger partial charge in [0, 0.05) is 6.92 Å². The third-order valence-electron chi connectivity index (χ3n) is 14.0. The van der Waals surface area contributed by atoms with Crippen LogP contribution in [0.1, 0.15) is 47.2 Å². The van der Waals surface area contributed by atoms with Crippen molar-refractivity contribution >= 4 is 5.91 Å². The van der Waals surface area contributed by atoms with Crippen LogP contribution in [0.25, 0.3) is 0 Å². The van der Waals surface area contributed by atoms with Gasteiger partial charge in [-0.25, -0.2) is 0 Å². The molecule has 3 fully saturated rings. The van der Waals surface area contributed by atoms with Crippen molar-refractivity contribution in [1.82, 2.24) is 5.32 Å². The molecular formula is C62H71NO15. The predicted molar refractivity (Wildman–Crippen MR) is 286 cm³/mol. The van der Waals surface area contributed by atoms with Gasteiger partial charge in [0.2, 0.25) is 5.91 Å². The molecule has 6 aromatic carbocycles. The molecule has 0 spiro atoms. The Kier molecular flexibility index (Phi) is 21.1. The number of hydrogen-bond acceptors (Lipinski definition) is 15. The number of aliphatic hydroxyl groups is 3. The topological polar surface area (TPSA) is 191 Å². The molecule has 1 amide bonds. The van der Waals surface area contributed by atoms with Crippen LogP contribution in [0.15, 0.2) is 182 Å². The van der Waals surface area contributed by atoms with Gasteiger partial charge in [0.25, 0.3) is 0 Å². The quantitative estimate of drug-likeness (QED) is 0.0461. The molecule has 15 atom stereocenters. The Labute approximate surface area is 456 Å². The molecule has 0 aliphatic carbocycles. The van der Waals surface area contributed by atoms with Crippen LogP contribution in [0.2, 0.25) is 0 Å². The molecule has 3 aliphatic heterocycles. The largest absolute Gasteiger partial charge is 0.394 e. The van der Waals surface area contributed by atoms with Crippen LogP contribution in [-0.2, 0) is 96.5 Å². The zero-order chi connectivity index (χ0) is 54.1. The molecular weight excluding hydrogens is 999 g/mol. The van der Waals surface area contributed by atoms with Crippen LogP contribution in [0.4, 0.5) is 0 Å². The smallest absolute Gasteiger partial charge is 0.217 e. The summed E-state index contributed by atoms with van der Waals surface area (Å²) in [6.45, 7) is 3.47. The van der Waals surface area contributed by atoms with Gasteiger partial charge in [-0.1, -0.05) is 182 Å². The molecule has 3 heterocycles. The summed E-state index contributed by atoms with van der Waals surface area (Å²) in [6, 6.07) is 57.1. The number of nitrogens with one attached hydrogen (secondary N) is 1. The highest BCUT2D eigenvalue weighted by Gasteiger charge is 2.56. The Morgan fingerprint density at radius 3 is 1.26 bits per heavy atom. The van der Waals surface area contributed by atoms with Crippen molar-refractivity contribution in [2.45, 2.75) is 146 Å². The summed E-state index contributed by atoms with van der Waals surface area (Å²) in [7, 11) is 0. The summed E-state index contributed by atoms with van der Waals surface area (Å²) in [5.41, 5.74) is 5.41. The number of aliphatic hydroxyl groups excluding tert-OH is 3. The molecule has 3 saturated heterocycles. The third kappa shape index (κ3) is 15.5. The van der Waals surface area contributed by atoms with Crippen molar-refractivity contribution in [3.63, 3.8) is 0 Å². The molecule has 0 radical (unpaired) electrons. The normalized spacial score (nSPS) is 29.2. The van der Waals surface area contributed by atoms with Crippen molar-refractivity contribution in [3.05, 3.63) is 215 Å². The third-order valence-corrected chi connectivity index (χ3v) is 14.0. The molecule has 6 aromatic rings. The maximum atomic E-state index is 12.8. The van der Waals surface area contributed by atoms with Crippen molar-refractivity contribution in [2.24, 2.45) is 0 Å². The Balaban J connectivity index is 1.14. The highest BCUT2D eigenvalue weighted by atomic mass is 16.8. The zero-order valence-corrected chi connectivity index (χ0v) is 43.9. The average molecular weight is 1070 g/mol. The molecule has 0 saturated carbocycles. The monoisotopic (exact) mass is 1070 g/mol. The number of carbonyl (C=O) groups excluding carboxylic acids is 1. The Hall–Kier alpha value is -5.77. The van der Waals surface area contributed by atoms with Gasteiger partial charge in [0.1, 0.15) is 67.1 Å². The summed E-state index contributed by atoms with van der Waals surface area (Å²) in [4.78, 5) is 12.8. The SMILES string of the molecule is CC(=O)N[C@@H]1[C@@H](O[C@@H]2O[C@H](COCc3ccccc3)[C@H](OCc3ccccc3)[C@H](OCc3ccccc3)[C@H]2O[C@@H]2O[C@@H](C)[C@@H](OCc3ccccc3)[C@@H](OCc3ccccc3)[C@@H]2OCc2ccccc2)[C@H](O)[C@@H](CO)O[C@H]1O. The predicted octanol–water partition coefficient (Wildman–Crippen LogP) is 6.95. The Morgan fingerprint density at radius 1 is 0.449 bits per heavy atom. The van der Waals surface area contributed by atoms with Gasteiger partial charge in [-0.3, -0.25) is 4.79 Å². The first-order valence-corrected chi connectivity index (χ1v) is 26.6. The van der Waals surface area contributed by atoms with E-state index in [0.29, 0.717) is 0 Å². The molecule has 3 aliphatic rings. The van der Waals surface area contributed by atoms with E-state index in [0.717, 1.165) is 33.4 Å². The second-order valence-corrected chi connectivity index (χ2v) is 19.7. The van der Waals surface area contributed by atoms with Crippen LogP contribution in [0, 0.1) is 0 Å². The van der Waals surface area contributed by atoms with Gasteiger partial charge in [0.15, 0.2) is 18.9 Å². The number of rotatable bonds is 25. The van der Waals surface area contributed by atoms with Crippen LogP contribution < -0.4 is 5.32 Å². The van der Waals surface area contributed by atoms with E-state index in [4.69, 9.17) is 52.1 Å². The highest BCUT2D eigenvalue weighted by molar-refractivity contribution is 5.73. The van der Waals surface area contributed by atoms with Crippen LogP contribution >= 0.6 is 0 Å². The van der Waals surface area contributed by atoms with E-state index < -0.39 is 105 Å². The first-order chi connectivity index (χ1) is 38.2. The summed E-state index contributed by atoms with van der Waals surface area (Å²) in [5.74, 6) is -0.539. The van der Waals surface area contributed by atoms with E-state index >= 15 is 0 Å². The van der Waals surface area contributed by atoms with Gasteiger partial charge < -0.3 is 72.7 Å². The Morgan fingerprint density at radius 2 is 0.821 bits per heavy atom. The average Bonchev–Trinajstić information content (AvgIpc) is 3.63. The highest BCUT2D eigenvalue weighted by Crippen LogP contribution is 2.38. The van der Waals surface area contributed by atoms with Gasteiger partial charge in [0.05, 0.1) is 59.0 Å². The molecule has 0 unspecified atom stereocenters. The lowest BCUT2D eigenvalue weighted by atomic mass is 9.94. The minimum absolute atomic E-state index is 0.0327. The number of hydrogen-bond donors (Lipinski definition) is 4. The zero-order valence-electron chi connectivity index (χ0n) is 43.9. The van der Waals surface area contributed by atoms with E-state index in [1.165, 1.54) is 6.92 Å². The van der Waals surface area contributed by atoms with E-state index in [1.807, 2.05) is 189 Å². The summed E-state index contributed by atoms with van der Waals surface area (Å²) in [6.07, 6.45) is -16.3. The Bertz CT molecular complexity index is 2650. The minimum Gasteiger partial charge on any atom is -0.394 e. The molecule has 414 valence electrons. The second-order valence-electron chi connectivity index (χ2n) is 19.7. The van der Waals surface area contributed by atoms with Gasteiger partial charge in [-0.2, -0.15) is 0 Å². The minimum atomic E-state index is -1.71. The lowest BCUT2D eigenvalue weighted by molar-refractivity contribution is -0.392. The van der Waals surface area contributed by atoms with Crippen LogP contribution in [0.5, 0.6) is 0 Å². The number of carbonyl (C=O) groups is 1. The lowest BCUT2D eigenvalue weighted by Gasteiger charge is -2.51. The molecule has 9 rings (SSSR count). The molecule has 16 nitrogen and oxygen atoms in total. The fourth-order valence-electron chi connectivity index (χ4n) is 9.98. The van der Waals surface area contributed by atoms with Gasteiger partial charge in [-0.05, 0) is 40.3 Å². The fourth-order valence-corrected chi connectivity index (χ4v) is 9.98. The summed E-state index contributed by atoms with van der Waals surface area (Å²) in [5, 5.41) is 36.5. The maximum Gasteiger partial charge on any atom is 0.217 e. The molecule has 16 heteroatoms. The number of amides is 1. The van der Waals surface area contributed by atoms with Crippen LogP contribution in [-0.4, -0.2) is 126 Å². The summed E-state index contributed by atoms with van der Waals surface area (Å²) >= 11 is 0. The first kappa shape index (κ1) is 56.9. The molecule has 78 heavy (non-hydrogen) atoms. The lowest BCUT2D eigenvalue weighted by Crippen LogP contribution is -2.69. The van der Waals surface area contributed by atoms with E-state index in [1.54, 1.807) is 0 Å². The molecule has 4 N–H and O–H groups in total. The van der Waals surface area contributed by atoms with Crippen molar-refractivity contribution < 1.29 is 72.2 Å². The maximum absolute atomic E-state index is 12.8. The van der Waals surface area contributed by atoms with E-state index in [-0.39, 0.29) is 46.2 Å². The second kappa shape index (κ2) is 28.9. The van der Waals surface area contributed by atoms with Crippen molar-refractivity contribution in [1.29, 1.82) is 0 Å². The standard InChI is InChI=1S/C62H71NO15/c1-41-53(69-35-44-23-11-4-12-24-44)56(71-37-46-27-15-6-16-28-46)58(73-39-48-31-19-8-20-32-48)61(74-41)78-59-57(72-38-47-29-17-7-18-30-47)54(70-36-45-25-13-5-14-26-45)50(40-68-34-43-21-9-3-10-22-43)76-62(59)77-55-51(63-42(2)65)60(67)75-49(33-64)52(55)66/h3-32,41,49-62,64,66-67H,33-40H2,1-2H3,(H,63,65)/t41-,49+,50+,51+,52+,53+,54-,55+,56+,57-,58-,59+,60+,61-,62-/m0/s1. The van der Waals surface area contributed by atoms with E-state index in [9.17, 15) is 20.1 Å². The van der Waals surface area contributed by atoms with Gasteiger partial charge >= 0.3 is 0 Å². The summed E-state index contributed by atoms with van der Waals surface area (Å²) < 4.78 is 75.2. The van der Waals surface area contributed by atoms with Crippen LogP contribution in [0.3, 0.4) is 0 Å². The molecule has 0 aromatic heterocycles. The van der Waals surface area contributed by atoms with Crippen molar-refractivity contribution in [3.8, 4) is 0 Å². The molecule has 0 bridgehead atoms. The van der Waals surface area contributed by atoms with Crippen molar-refractivity contribution in [2.75, 3.05) is 13.2 Å². The number of benzene rings is 6. The fraction of sp³-hybridized carbons (Fsp3) is 0.403.